The maximum atomic E-state index is 15.0. The lowest BCUT2D eigenvalue weighted by Gasteiger charge is -2.33. The van der Waals surface area contributed by atoms with E-state index in [9.17, 15) is 58.7 Å². The second-order valence-corrected chi connectivity index (χ2v) is 17.5. The number of rotatable bonds is 7. The van der Waals surface area contributed by atoms with Crippen molar-refractivity contribution in [2.75, 3.05) is 32.7 Å². The Balaban J connectivity index is 1.02. The molecule has 2 fully saturated rings. The second-order valence-electron chi connectivity index (χ2n) is 17.5. The zero-order valence-corrected chi connectivity index (χ0v) is 35.8. The number of hydrogen-bond acceptors (Lipinski definition) is 6. The van der Waals surface area contributed by atoms with E-state index >= 15 is 13.2 Å². The van der Waals surface area contributed by atoms with Crippen molar-refractivity contribution >= 4 is 23.6 Å². The predicted octanol–water partition coefficient (Wildman–Crippen LogP) is 8.69. The van der Waals surface area contributed by atoms with Gasteiger partial charge in [-0.05, 0) is 79.7 Å². The normalized spacial score (nSPS) is 17.9. The van der Waals surface area contributed by atoms with Crippen LogP contribution < -0.4 is 0 Å². The lowest BCUT2D eigenvalue weighted by Crippen LogP contribution is -2.39. The summed E-state index contributed by atoms with van der Waals surface area (Å²) < 4.78 is 166. The number of halogens is 12. The number of nitrogens with zero attached hydrogens (tertiary/aromatic N) is 7. The van der Waals surface area contributed by atoms with Gasteiger partial charge in [0.15, 0.2) is 11.4 Å². The van der Waals surface area contributed by atoms with E-state index in [0.29, 0.717) is 18.5 Å². The molecule has 0 atom stereocenters. The van der Waals surface area contributed by atoms with Gasteiger partial charge in [0.1, 0.15) is 12.8 Å². The van der Waals surface area contributed by atoms with E-state index in [0.717, 1.165) is 26.6 Å². The Morgan fingerprint density at radius 1 is 0.588 bits per heavy atom. The first-order valence-electron chi connectivity index (χ1n) is 21.7. The monoisotopic (exact) mass is 974 g/mol. The van der Waals surface area contributed by atoms with Crippen LogP contribution in [0, 0.1) is 0 Å². The van der Waals surface area contributed by atoms with Gasteiger partial charge < -0.3 is 19.6 Å². The van der Waals surface area contributed by atoms with E-state index in [4.69, 9.17) is 0 Å². The Hall–Kier alpha value is -6.10. The summed E-state index contributed by atoms with van der Waals surface area (Å²) >= 11 is 0. The molecular formula is C44H42F12N8O4. The molecule has 1 N–H and O–H groups in total. The number of likely N-dealkylation sites (tertiary alicyclic amines) is 2. The minimum Gasteiger partial charge on any atom is -0.338 e. The molecular weight excluding hydrogens is 933 g/mol. The first-order valence-corrected chi connectivity index (χ1v) is 21.7. The highest BCUT2D eigenvalue weighted by Gasteiger charge is 2.43. The molecule has 0 aliphatic carbocycles. The quantitative estimate of drug-likeness (QED) is 0.185. The Morgan fingerprint density at radius 2 is 1.12 bits per heavy atom. The number of carbonyl (C=O) groups is 4. The van der Waals surface area contributed by atoms with Crippen molar-refractivity contribution in [3.63, 3.8) is 0 Å². The Bertz CT molecular complexity index is 2580. The molecule has 0 spiro atoms. The average molecular weight is 975 g/mol. The standard InChI is InChI=1S/C44H42F12N8O4/c45-41(46,47)19-35(65)62-13-3-6-33-29(21-62)37(58-57-33)39(67)60-14-11-25(12-15-60)28-8-7-26(18-32(28)44(54,55)56)64-34-23-63(36(66)20-42(48,49)50)22-30(34)38(59-64)40(68)61-16-9-24(10-17-61)27-4-1-2-5-31(27)43(51,52)53/h1-2,4-5,7-8,18,24-25H,3,6,9-17,19-23H2,(H,57,58). The van der Waals surface area contributed by atoms with E-state index in [1.807, 2.05) is 0 Å². The van der Waals surface area contributed by atoms with Gasteiger partial charge in [-0.2, -0.15) is 62.9 Å². The highest BCUT2D eigenvalue weighted by Crippen LogP contribution is 2.43. The molecule has 12 nitrogen and oxygen atoms in total. The van der Waals surface area contributed by atoms with Crippen LogP contribution in [0.1, 0.15) is 123 Å². The van der Waals surface area contributed by atoms with Crippen molar-refractivity contribution < 1.29 is 71.9 Å². The van der Waals surface area contributed by atoms with E-state index in [1.165, 1.54) is 40.1 Å². The lowest BCUT2D eigenvalue weighted by atomic mass is 9.86. The minimum absolute atomic E-state index is 0.00495. The van der Waals surface area contributed by atoms with Crippen LogP contribution in [-0.2, 0) is 48.0 Å². The SMILES string of the molecule is O=C(CC(F)(F)F)N1CCCc2[nH]nc(C(=O)N3CCC(c4ccc(-n5nc(C(=O)N6CCC(c7ccccc7C(F)(F)F)CC6)c6c5CN(C(=O)CC(F)(F)F)C6)cc4C(F)(F)F)CC3)c2C1. The zero-order chi connectivity index (χ0) is 49.1. The predicted molar refractivity (Wildman–Crippen MR) is 214 cm³/mol. The summed E-state index contributed by atoms with van der Waals surface area (Å²) in [6.45, 7) is -1.47. The number of aromatic amines is 1. The maximum Gasteiger partial charge on any atom is 0.416 e. The molecule has 4 aliphatic heterocycles. The van der Waals surface area contributed by atoms with Crippen LogP contribution in [0.4, 0.5) is 52.7 Å². The summed E-state index contributed by atoms with van der Waals surface area (Å²) in [6.07, 6.45) is -21.8. The first-order chi connectivity index (χ1) is 31.9. The van der Waals surface area contributed by atoms with Crippen LogP contribution in [0.3, 0.4) is 0 Å². The van der Waals surface area contributed by atoms with Gasteiger partial charge in [0.25, 0.3) is 11.8 Å². The van der Waals surface area contributed by atoms with Gasteiger partial charge in [0.05, 0.1) is 35.6 Å². The smallest absolute Gasteiger partial charge is 0.338 e. The molecule has 4 amide bonds. The molecule has 0 saturated carbocycles. The number of nitrogens with one attached hydrogen (secondary N) is 1. The van der Waals surface area contributed by atoms with E-state index in [1.54, 1.807) is 0 Å². The molecule has 366 valence electrons. The number of amides is 4. The third kappa shape index (κ3) is 10.2. The van der Waals surface area contributed by atoms with Crippen molar-refractivity contribution in [2.45, 2.75) is 108 Å². The van der Waals surface area contributed by atoms with Gasteiger partial charge in [-0.25, -0.2) is 4.68 Å². The van der Waals surface area contributed by atoms with Gasteiger partial charge in [0.2, 0.25) is 11.8 Å². The van der Waals surface area contributed by atoms with Gasteiger partial charge in [0, 0.05) is 56.1 Å². The summed E-state index contributed by atoms with van der Waals surface area (Å²) in [7, 11) is 0. The molecule has 24 heteroatoms. The molecule has 0 unspecified atom stereocenters. The maximum absolute atomic E-state index is 15.0. The Morgan fingerprint density at radius 3 is 1.69 bits per heavy atom. The number of benzene rings is 2. The molecule has 2 aromatic heterocycles. The molecule has 4 aromatic rings. The Kier molecular flexibility index (Phi) is 12.9. The number of carbonyl (C=O) groups excluding carboxylic acids is 4. The summed E-state index contributed by atoms with van der Waals surface area (Å²) in [4.78, 5) is 57.6. The van der Waals surface area contributed by atoms with E-state index < -0.39 is 97.2 Å². The number of aryl methyl sites for hydroxylation is 1. The summed E-state index contributed by atoms with van der Waals surface area (Å²) in [6, 6.07) is 8.34. The number of alkyl halides is 12. The molecule has 0 bridgehead atoms. The lowest BCUT2D eigenvalue weighted by molar-refractivity contribution is -0.163. The van der Waals surface area contributed by atoms with Crippen molar-refractivity contribution in [2.24, 2.45) is 0 Å². The van der Waals surface area contributed by atoms with Gasteiger partial charge >= 0.3 is 24.7 Å². The highest BCUT2D eigenvalue weighted by molar-refractivity contribution is 5.95. The number of H-pyrrole nitrogens is 1. The summed E-state index contributed by atoms with van der Waals surface area (Å²) in [5.41, 5.74) is -1.90. The fourth-order valence-corrected chi connectivity index (χ4v) is 9.73. The largest absolute Gasteiger partial charge is 0.416 e. The second kappa shape index (κ2) is 18.1. The third-order valence-electron chi connectivity index (χ3n) is 13.0. The van der Waals surface area contributed by atoms with Gasteiger partial charge in [-0.1, -0.05) is 24.3 Å². The number of aromatic nitrogens is 4. The van der Waals surface area contributed by atoms with Crippen LogP contribution in [0.5, 0.6) is 0 Å². The van der Waals surface area contributed by atoms with Crippen LogP contribution in [0.15, 0.2) is 42.5 Å². The summed E-state index contributed by atoms with van der Waals surface area (Å²) in [5, 5.41) is 11.2. The molecule has 2 saturated heterocycles. The molecule has 8 rings (SSSR count). The zero-order valence-electron chi connectivity index (χ0n) is 35.8. The van der Waals surface area contributed by atoms with Gasteiger partial charge in [-0.3, -0.25) is 24.3 Å². The highest BCUT2D eigenvalue weighted by atomic mass is 19.4. The summed E-state index contributed by atoms with van der Waals surface area (Å²) in [5.74, 6) is -5.21. The molecule has 68 heavy (non-hydrogen) atoms. The van der Waals surface area contributed by atoms with Crippen molar-refractivity contribution in [1.82, 2.24) is 39.6 Å². The molecule has 4 aliphatic rings. The molecule has 2 aromatic carbocycles. The van der Waals surface area contributed by atoms with Crippen molar-refractivity contribution in [3.05, 3.63) is 98.6 Å². The minimum atomic E-state index is -4.97. The van der Waals surface area contributed by atoms with Crippen LogP contribution in [0.25, 0.3) is 5.69 Å². The molecule has 0 radical (unpaired) electrons. The topological polar surface area (TPSA) is 128 Å². The van der Waals surface area contributed by atoms with Crippen LogP contribution >= 0.6 is 0 Å². The van der Waals surface area contributed by atoms with Crippen molar-refractivity contribution in [3.8, 4) is 5.69 Å². The first kappa shape index (κ1) is 48.4. The van der Waals surface area contributed by atoms with Crippen LogP contribution in [0.2, 0.25) is 0 Å². The number of piperidine rings is 2. The fraction of sp³-hybridized carbons (Fsp3) is 0.500. The number of hydrogen-bond donors (Lipinski definition) is 1. The van der Waals surface area contributed by atoms with E-state index in [2.05, 4.69) is 15.3 Å². The van der Waals surface area contributed by atoms with Crippen LogP contribution in [-0.4, -0.2) is 108 Å². The van der Waals surface area contributed by atoms with Gasteiger partial charge in [-0.15, -0.1) is 0 Å². The fourth-order valence-electron chi connectivity index (χ4n) is 9.73. The number of fused-ring (bicyclic) bond motifs is 2. The van der Waals surface area contributed by atoms with Crippen molar-refractivity contribution in [1.29, 1.82) is 0 Å². The Labute approximate surface area is 379 Å². The average Bonchev–Trinajstić information content (AvgIpc) is 3.94. The third-order valence-corrected chi connectivity index (χ3v) is 13.0. The molecule has 6 heterocycles. The van der Waals surface area contributed by atoms with E-state index in [-0.39, 0.29) is 110 Å².